The van der Waals surface area contributed by atoms with Gasteiger partial charge in [0.15, 0.2) is 5.69 Å². The molecule has 2 aromatic heterocycles. The molecule has 0 aliphatic heterocycles. The van der Waals surface area contributed by atoms with E-state index in [1.807, 2.05) is 31.4 Å². The molecule has 0 atom stereocenters. The van der Waals surface area contributed by atoms with Crippen molar-refractivity contribution in [1.82, 2.24) is 20.0 Å². The largest absolute Gasteiger partial charge is 0.464 e. The Morgan fingerprint density at radius 2 is 2.21 bits per heavy atom. The second-order valence-electron chi connectivity index (χ2n) is 4.23. The van der Waals surface area contributed by atoms with Crippen LogP contribution < -0.4 is 0 Å². The van der Waals surface area contributed by atoms with Gasteiger partial charge in [-0.2, -0.15) is 10.2 Å². The van der Waals surface area contributed by atoms with Crippen LogP contribution in [-0.2, 0) is 11.8 Å². The quantitative estimate of drug-likeness (QED) is 0.709. The number of H-pyrrole nitrogens is 1. The van der Waals surface area contributed by atoms with Crippen molar-refractivity contribution >= 4 is 16.9 Å². The van der Waals surface area contributed by atoms with E-state index < -0.39 is 5.97 Å². The maximum atomic E-state index is 11.5. The number of carbonyl (C=O) groups is 1. The van der Waals surface area contributed by atoms with E-state index in [1.165, 1.54) is 7.11 Å². The molecule has 0 spiro atoms. The third kappa shape index (κ3) is 1.87. The number of esters is 1. The first-order valence-corrected chi connectivity index (χ1v) is 5.74. The Hall–Kier alpha value is -2.63. The molecule has 19 heavy (non-hydrogen) atoms. The third-order valence-corrected chi connectivity index (χ3v) is 2.98. The summed E-state index contributed by atoms with van der Waals surface area (Å²) in [6.07, 6.45) is 3.72. The Balaban J connectivity index is 2.10. The third-order valence-electron chi connectivity index (χ3n) is 2.98. The van der Waals surface area contributed by atoms with Gasteiger partial charge in [-0.3, -0.25) is 9.78 Å². The molecule has 6 heteroatoms. The molecule has 0 aliphatic carbocycles. The van der Waals surface area contributed by atoms with Crippen molar-refractivity contribution in [3.8, 4) is 11.1 Å². The van der Waals surface area contributed by atoms with E-state index in [2.05, 4.69) is 20.0 Å². The van der Waals surface area contributed by atoms with E-state index in [0.29, 0.717) is 5.69 Å². The Kier molecular flexibility index (Phi) is 2.56. The number of methoxy groups -OCH3 is 1. The highest BCUT2D eigenvalue weighted by molar-refractivity contribution is 6.02. The van der Waals surface area contributed by atoms with Crippen molar-refractivity contribution < 1.29 is 9.53 Å². The zero-order valence-corrected chi connectivity index (χ0v) is 10.5. The molecule has 6 nitrogen and oxygen atoms in total. The van der Waals surface area contributed by atoms with Gasteiger partial charge in [-0.25, -0.2) is 4.79 Å². The molecule has 0 aliphatic rings. The first kappa shape index (κ1) is 11.5. The molecule has 0 amide bonds. The number of rotatable bonds is 2. The molecule has 0 radical (unpaired) electrons. The van der Waals surface area contributed by atoms with Gasteiger partial charge in [-0.05, 0) is 17.7 Å². The second kappa shape index (κ2) is 4.24. The number of ether oxygens (including phenoxy) is 1. The van der Waals surface area contributed by atoms with Crippen molar-refractivity contribution in [3.05, 3.63) is 36.3 Å². The van der Waals surface area contributed by atoms with Crippen molar-refractivity contribution in [2.45, 2.75) is 0 Å². The number of aromatic amines is 1. The summed E-state index contributed by atoms with van der Waals surface area (Å²) in [6, 6.07) is 5.72. The lowest BCUT2D eigenvalue weighted by Crippen LogP contribution is -2.01. The Morgan fingerprint density at radius 1 is 1.37 bits per heavy atom. The molecule has 0 unspecified atom stereocenters. The average molecular weight is 256 g/mol. The van der Waals surface area contributed by atoms with Gasteiger partial charge in [0.2, 0.25) is 0 Å². The number of carbonyl (C=O) groups excluding carboxylic acids is 1. The minimum atomic E-state index is -0.444. The van der Waals surface area contributed by atoms with Gasteiger partial charge in [-0.1, -0.05) is 6.07 Å². The average Bonchev–Trinajstić information content (AvgIpc) is 3.03. The van der Waals surface area contributed by atoms with Crippen molar-refractivity contribution in [1.29, 1.82) is 0 Å². The first-order valence-electron chi connectivity index (χ1n) is 5.74. The standard InChI is InChI=1S/C13H12N4O2/c1-17-7-9(6-14-17)8-3-4-10-11(5-8)15-16-12(10)13(18)19-2/h3-7H,1-2H3,(H,15,16). The summed E-state index contributed by atoms with van der Waals surface area (Å²) in [6.45, 7) is 0. The van der Waals surface area contributed by atoms with Crippen LogP contribution in [0.2, 0.25) is 0 Å². The zero-order valence-electron chi connectivity index (χ0n) is 10.5. The minimum absolute atomic E-state index is 0.301. The second-order valence-corrected chi connectivity index (χ2v) is 4.23. The van der Waals surface area contributed by atoms with Gasteiger partial charge in [0.1, 0.15) is 0 Å². The summed E-state index contributed by atoms with van der Waals surface area (Å²) in [5.74, 6) is -0.444. The van der Waals surface area contributed by atoms with E-state index in [0.717, 1.165) is 22.0 Å². The van der Waals surface area contributed by atoms with Gasteiger partial charge >= 0.3 is 5.97 Å². The molecule has 96 valence electrons. The smallest absolute Gasteiger partial charge is 0.359 e. The van der Waals surface area contributed by atoms with E-state index >= 15 is 0 Å². The number of aromatic nitrogens is 4. The van der Waals surface area contributed by atoms with E-state index in [4.69, 9.17) is 0 Å². The molecule has 1 N–H and O–H groups in total. The predicted octanol–water partition coefficient (Wildman–Crippen LogP) is 1.75. The van der Waals surface area contributed by atoms with Gasteiger partial charge in [-0.15, -0.1) is 0 Å². The number of hydrogen-bond donors (Lipinski definition) is 1. The maximum absolute atomic E-state index is 11.5. The normalized spacial score (nSPS) is 10.8. The van der Waals surface area contributed by atoms with E-state index in [-0.39, 0.29) is 0 Å². The van der Waals surface area contributed by atoms with Gasteiger partial charge in [0, 0.05) is 24.2 Å². The lowest BCUT2D eigenvalue weighted by molar-refractivity contribution is 0.0596. The van der Waals surface area contributed by atoms with Crippen LogP contribution in [0, 0.1) is 0 Å². The number of nitrogens with one attached hydrogen (secondary N) is 1. The molecule has 3 rings (SSSR count). The SMILES string of the molecule is COC(=O)c1n[nH]c2cc(-c3cnn(C)c3)ccc12. The Labute approximate surface area is 109 Å². The number of aryl methyl sites for hydroxylation is 1. The molecule has 1 aromatic carbocycles. The highest BCUT2D eigenvalue weighted by Gasteiger charge is 2.14. The molecule has 0 saturated heterocycles. The molecule has 2 heterocycles. The van der Waals surface area contributed by atoms with Gasteiger partial charge < -0.3 is 4.74 Å². The minimum Gasteiger partial charge on any atom is -0.464 e. The molecule has 0 fully saturated rings. The van der Waals surface area contributed by atoms with E-state index in [9.17, 15) is 4.79 Å². The fourth-order valence-corrected chi connectivity index (χ4v) is 2.02. The topological polar surface area (TPSA) is 72.8 Å². The molecule has 0 saturated carbocycles. The van der Waals surface area contributed by atoms with Crippen LogP contribution in [0.3, 0.4) is 0 Å². The van der Waals surface area contributed by atoms with Crippen LogP contribution in [0.5, 0.6) is 0 Å². The molecule has 0 bridgehead atoms. The fourth-order valence-electron chi connectivity index (χ4n) is 2.02. The van der Waals surface area contributed by atoms with Crippen molar-refractivity contribution in [3.63, 3.8) is 0 Å². The van der Waals surface area contributed by atoms with E-state index in [1.54, 1.807) is 10.9 Å². The first-order chi connectivity index (χ1) is 9.19. The highest BCUT2D eigenvalue weighted by Crippen LogP contribution is 2.24. The fraction of sp³-hybridized carbons (Fsp3) is 0.154. The maximum Gasteiger partial charge on any atom is 0.359 e. The van der Waals surface area contributed by atoms with Crippen LogP contribution >= 0.6 is 0 Å². The molecule has 3 aromatic rings. The lowest BCUT2D eigenvalue weighted by Gasteiger charge is -1.98. The number of hydrogen-bond acceptors (Lipinski definition) is 4. The molecular formula is C13H12N4O2. The number of nitrogens with zero attached hydrogens (tertiary/aromatic N) is 3. The predicted molar refractivity (Wildman–Crippen MR) is 69.6 cm³/mol. The summed E-state index contributed by atoms with van der Waals surface area (Å²) in [4.78, 5) is 11.5. The monoisotopic (exact) mass is 256 g/mol. The van der Waals surface area contributed by atoms with Gasteiger partial charge in [0.25, 0.3) is 0 Å². The Morgan fingerprint density at radius 3 is 2.89 bits per heavy atom. The number of benzene rings is 1. The van der Waals surface area contributed by atoms with Crippen LogP contribution in [0.1, 0.15) is 10.5 Å². The molecular weight excluding hydrogens is 244 g/mol. The summed E-state index contributed by atoms with van der Waals surface area (Å²) in [7, 11) is 3.21. The summed E-state index contributed by atoms with van der Waals surface area (Å²) in [5, 5.41) is 11.7. The van der Waals surface area contributed by atoms with Crippen molar-refractivity contribution in [2.24, 2.45) is 7.05 Å². The highest BCUT2D eigenvalue weighted by atomic mass is 16.5. The Bertz CT molecular complexity index is 757. The lowest BCUT2D eigenvalue weighted by atomic mass is 10.1. The van der Waals surface area contributed by atoms with Crippen LogP contribution in [0.4, 0.5) is 0 Å². The van der Waals surface area contributed by atoms with Gasteiger partial charge in [0.05, 0.1) is 18.8 Å². The van der Waals surface area contributed by atoms with Crippen LogP contribution in [-0.4, -0.2) is 33.1 Å². The number of fused-ring (bicyclic) bond motifs is 1. The summed E-state index contributed by atoms with van der Waals surface area (Å²) >= 11 is 0. The summed E-state index contributed by atoms with van der Waals surface area (Å²) in [5.41, 5.74) is 3.12. The van der Waals surface area contributed by atoms with Crippen LogP contribution in [0.25, 0.3) is 22.0 Å². The van der Waals surface area contributed by atoms with Crippen molar-refractivity contribution in [2.75, 3.05) is 7.11 Å². The van der Waals surface area contributed by atoms with Crippen LogP contribution in [0.15, 0.2) is 30.6 Å². The zero-order chi connectivity index (χ0) is 13.4. The summed E-state index contributed by atoms with van der Waals surface area (Å²) < 4.78 is 6.43.